The zero-order valence-electron chi connectivity index (χ0n) is 27.4. The maximum absolute atomic E-state index is 6.50. The second-order valence-electron chi connectivity index (χ2n) is 12.2. The fourth-order valence-corrected chi connectivity index (χ4v) is 6.82. The Balaban J connectivity index is 1.37. The molecule has 7 aromatic carbocycles. The summed E-state index contributed by atoms with van der Waals surface area (Å²) in [6.07, 6.45) is 7.95. The number of benzene rings is 7. The van der Waals surface area contributed by atoms with E-state index in [1.54, 1.807) is 6.08 Å². The number of anilines is 3. The molecular formula is C47H35NO. The summed E-state index contributed by atoms with van der Waals surface area (Å²) in [5, 5.41) is 4.58. The molecule has 49 heavy (non-hydrogen) atoms. The first-order chi connectivity index (χ1) is 24.2. The molecule has 234 valence electrons. The summed E-state index contributed by atoms with van der Waals surface area (Å²) in [6, 6.07) is 56.1. The number of rotatable bonds is 8. The second kappa shape index (κ2) is 13.0. The highest BCUT2D eigenvalue weighted by Crippen LogP contribution is 2.45. The summed E-state index contributed by atoms with van der Waals surface area (Å²) in [5.74, 6) is 0. The van der Waals surface area contributed by atoms with Crippen molar-refractivity contribution in [3.63, 3.8) is 0 Å². The first-order valence-corrected chi connectivity index (χ1v) is 16.6. The molecule has 0 aliphatic rings. The number of para-hydroxylation sites is 3. The van der Waals surface area contributed by atoms with E-state index in [4.69, 9.17) is 4.42 Å². The van der Waals surface area contributed by atoms with Gasteiger partial charge >= 0.3 is 0 Å². The van der Waals surface area contributed by atoms with E-state index in [1.807, 2.05) is 24.3 Å². The molecule has 0 bridgehead atoms. The van der Waals surface area contributed by atoms with Gasteiger partial charge in [-0.3, -0.25) is 0 Å². The average molecular weight is 630 g/mol. The zero-order valence-corrected chi connectivity index (χ0v) is 27.4. The van der Waals surface area contributed by atoms with Crippen LogP contribution in [0.15, 0.2) is 193 Å². The van der Waals surface area contributed by atoms with E-state index in [0.717, 1.165) is 66.6 Å². The third-order valence-corrected chi connectivity index (χ3v) is 9.18. The lowest BCUT2D eigenvalue weighted by Gasteiger charge is -2.28. The normalized spacial score (nSPS) is 11.9. The molecule has 0 radical (unpaired) electrons. The van der Waals surface area contributed by atoms with Crippen molar-refractivity contribution in [1.82, 2.24) is 0 Å². The van der Waals surface area contributed by atoms with Gasteiger partial charge in [0, 0.05) is 33.1 Å². The fraction of sp³-hybridized carbons (Fsp3) is 0.0213. The lowest BCUT2D eigenvalue weighted by Crippen LogP contribution is -2.11. The third-order valence-electron chi connectivity index (χ3n) is 9.18. The van der Waals surface area contributed by atoms with E-state index in [0.29, 0.717) is 0 Å². The van der Waals surface area contributed by atoms with Crippen LogP contribution in [0.4, 0.5) is 17.1 Å². The highest BCUT2D eigenvalue weighted by Gasteiger charge is 2.20. The van der Waals surface area contributed by atoms with E-state index >= 15 is 0 Å². The van der Waals surface area contributed by atoms with E-state index in [1.165, 1.54) is 16.5 Å². The van der Waals surface area contributed by atoms with Crippen molar-refractivity contribution in [2.24, 2.45) is 0 Å². The van der Waals surface area contributed by atoms with Gasteiger partial charge in [0.1, 0.15) is 11.2 Å². The van der Waals surface area contributed by atoms with Crippen molar-refractivity contribution in [3.8, 4) is 22.3 Å². The van der Waals surface area contributed by atoms with E-state index in [9.17, 15) is 0 Å². The fourth-order valence-electron chi connectivity index (χ4n) is 6.82. The van der Waals surface area contributed by atoms with Crippen LogP contribution >= 0.6 is 0 Å². The van der Waals surface area contributed by atoms with Crippen molar-refractivity contribution in [2.75, 3.05) is 4.90 Å². The molecular weight excluding hydrogens is 595 g/mol. The maximum atomic E-state index is 6.50. The smallest absolute Gasteiger partial charge is 0.143 e. The predicted molar refractivity (Wildman–Crippen MR) is 210 cm³/mol. The van der Waals surface area contributed by atoms with Crippen LogP contribution in [0.5, 0.6) is 0 Å². The Labute approximate surface area is 287 Å². The molecule has 0 fully saturated rings. The lowest BCUT2D eigenvalue weighted by atomic mass is 9.94. The number of allylic oxidation sites excluding steroid dienone is 5. The highest BCUT2D eigenvalue weighted by atomic mass is 16.3. The molecule has 0 aliphatic heterocycles. The Bertz CT molecular complexity index is 2520. The van der Waals surface area contributed by atoms with Gasteiger partial charge in [-0.25, -0.2) is 0 Å². The van der Waals surface area contributed by atoms with E-state index in [-0.39, 0.29) is 0 Å². The number of hydrogen-bond acceptors (Lipinski definition) is 2. The molecule has 0 amide bonds. The van der Waals surface area contributed by atoms with Gasteiger partial charge in [-0.1, -0.05) is 146 Å². The molecule has 0 atom stereocenters. The first-order valence-electron chi connectivity index (χ1n) is 16.6. The maximum Gasteiger partial charge on any atom is 0.143 e. The topological polar surface area (TPSA) is 16.4 Å². The van der Waals surface area contributed by atoms with Crippen molar-refractivity contribution in [1.29, 1.82) is 0 Å². The molecule has 0 N–H and O–H groups in total. The Morgan fingerprint density at radius 3 is 2.04 bits per heavy atom. The molecule has 0 unspecified atom stereocenters. The molecule has 2 nitrogen and oxygen atoms in total. The minimum atomic E-state index is 0.902. The average Bonchev–Trinajstić information content (AvgIpc) is 3.55. The van der Waals surface area contributed by atoms with Gasteiger partial charge in [-0.05, 0) is 82.6 Å². The Morgan fingerprint density at radius 1 is 0.551 bits per heavy atom. The van der Waals surface area contributed by atoms with Crippen LogP contribution in [-0.2, 0) is 0 Å². The first kappa shape index (κ1) is 30.0. The predicted octanol–water partition coefficient (Wildman–Crippen LogP) is 13.7. The molecule has 1 aromatic heterocycles. The van der Waals surface area contributed by atoms with Gasteiger partial charge in [0.25, 0.3) is 0 Å². The highest BCUT2D eigenvalue weighted by molar-refractivity contribution is 6.14. The molecule has 2 heteroatoms. The van der Waals surface area contributed by atoms with Crippen molar-refractivity contribution < 1.29 is 4.42 Å². The van der Waals surface area contributed by atoms with Gasteiger partial charge in [-0.15, -0.1) is 0 Å². The largest absolute Gasteiger partial charge is 0.455 e. The summed E-state index contributed by atoms with van der Waals surface area (Å²) in [7, 11) is 0. The van der Waals surface area contributed by atoms with Crippen LogP contribution in [0.3, 0.4) is 0 Å². The minimum absolute atomic E-state index is 0.902. The van der Waals surface area contributed by atoms with Gasteiger partial charge in [0.15, 0.2) is 0 Å². The second-order valence-corrected chi connectivity index (χ2v) is 12.2. The summed E-state index contributed by atoms with van der Waals surface area (Å²) in [4.78, 5) is 2.39. The van der Waals surface area contributed by atoms with Crippen LogP contribution < -0.4 is 4.90 Å². The third kappa shape index (κ3) is 5.64. The molecule has 8 rings (SSSR count). The lowest BCUT2D eigenvalue weighted by molar-refractivity contribution is 0.670. The van der Waals surface area contributed by atoms with Gasteiger partial charge < -0.3 is 9.32 Å². The molecule has 8 aromatic rings. The Hall–Kier alpha value is -6.38. The number of fused-ring (bicyclic) bond motifs is 4. The van der Waals surface area contributed by atoms with Gasteiger partial charge in [0.05, 0.1) is 5.69 Å². The van der Waals surface area contributed by atoms with Crippen LogP contribution in [-0.4, -0.2) is 0 Å². The Morgan fingerprint density at radius 2 is 1.24 bits per heavy atom. The van der Waals surface area contributed by atoms with Crippen LogP contribution in [0.25, 0.3) is 60.5 Å². The number of nitrogens with zero attached hydrogens (tertiary/aromatic N) is 1. The molecule has 0 spiro atoms. The molecule has 0 saturated carbocycles. The van der Waals surface area contributed by atoms with Crippen LogP contribution in [0, 0.1) is 0 Å². The van der Waals surface area contributed by atoms with Crippen molar-refractivity contribution in [3.05, 3.63) is 194 Å². The molecule has 0 aliphatic carbocycles. The summed E-state index contributed by atoms with van der Waals surface area (Å²) < 4.78 is 6.50. The summed E-state index contributed by atoms with van der Waals surface area (Å²) >= 11 is 0. The molecule has 1 heterocycles. The quantitative estimate of drug-likeness (QED) is 0.156. The van der Waals surface area contributed by atoms with Crippen molar-refractivity contribution in [2.45, 2.75) is 6.92 Å². The summed E-state index contributed by atoms with van der Waals surface area (Å²) in [5.41, 5.74) is 12.0. The van der Waals surface area contributed by atoms with Crippen LogP contribution in [0.2, 0.25) is 0 Å². The van der Waals surface area contributed by atoms with Crippen LogP contribution in [0.1, 0.15) is 12.5 Å². The van der Waals surface area contributed by atoms with Crippen molar-refractivity contribution >= 4 is 55.3 Å². The standard InChI is InChI=1S/C47H35NO/c1-3-4-7-17-33(2)35-30-36(34-18-8-5-9-19-34)32-38(31-35)48(37-20-10-6-11-21-37)45-29-28-40(39-22-12-13-23-41(39)45)43-25-16-26-44-42-24-14-15-27-46(42)49-47(43)44/h3-32H,1H2,2H3/b7-4-,33-17+. The number of hydrogen-bond donors (Lipinski definition) is 0. The monoisotopic (exact) mass is 629 g/mol. The van der Waals surface area contributed by atoms with E-state index in [2.05, 4.69) is 170 Å². The summed E-state index contributed by atoms with van der Waals surface area (Å²) in [6.45, 7) is 6.00. The minimum Gasteiger partial charge on any atom is -0.455 e. The Kier molecular flexibility index (Phi) is 7.97. The van der Waals surface area contributed by atoms with Gasteiger partial charge in [0.2, 0.25) is 0 Å². The van der Waals surface area contributed by atoms with E-state index < -0.39 is 0 Å². The zero-order chi connectivity index (χ0) is 33.2. The van der Waals surface area contributed by atoms with Gasteiger partial charge in [-0.2, -0.15) is 0 Å². The SMILES string of the molecule is C=C/C=C\C=C(/C)c1cc(-c2ccccc2)cc(N(c2ccccc2)c2ccc(-c3cccc4c3oc3ccccc34)c3ccccc23)c1. The number of furan rings is 1. The molecule has 0 saturated heterocycles.